The van der Waals surface area contributed by atoms with Crippen molar-refractivity contribution in [2.75, 3.05) is 33.8 Å². The van der Waals surface area contributed by atoms with Gasteiger partial charge < -0.3 is 9.26 Å². The quantitative estimate of drug-likeness (QED) is 0.816. The van der Waals surface area contributed by atoms with Crippen molar-refractivity contribution in [2.45, 2.75) is 31.3 Å². The molecule has 2 aromatic rings. The SMILES string of the molecule is COc1cc(CN2CCN(C)[C@H](c3nc(C4CC4)no3)C2)ccc1C#N. The highest BCUT2D eigenvalue weighted by Gasteiger charge is 2.33. The predicted octanol–water partition coefficient (Wildman–Crippen LogP) is 2.32. The van der Waals surface area contributed by atoms with Gasteiger partial charge in [-0.2, -0.15) is 10.2 Å². The summed E-state index contributed by atoms with van der Waals surface area (Å²) in [4.78, 5) is 9.29. The van der Waals surface area contributed by atoms with Gasteiger partial charge in [-0.25, -0.2) is 0 Å². The number of benzene rings is 1. The molecule has 4 rings (SSSR count). The lowest BCUT2D eigenvalue weighted by atomic mass is 10.1. The summed E-state index contributed by atoms with van der Waals surface area (Å²) in [6, 6.07) is 8.03. The first kappa shape index (κ1) is 17.0. The summed E-state index contributed by atoms with van der Waals surface area (Å²) in [5, 5.41) is 13.3. The summed E-state index contributed by atoms with van der Waals surface area (Å²) in [5.41, 5.74) is 1.69. The number of rotatable bonds is 5. The average molecular weight is 353 g/mol. The van der Waals surface area contributed by atoms with Crippen LogP contribution in [0.5, 0.6) is 5.75 Å². The van der Waals surface area contributed by atoms with Crippen molar-refractivity contribution < 1.29 is 9.26 Å². The number of aromatic nitrogens is 2. The van der Waals surface area contributed by atoms with Crippen LogP contribution in [0.1, 0.15) is 47.6 Å². The van der Waals surface area contributed by atoms with E-state index in [1.54, 1.807) is 7.11 Å². The third-order valence-corrected chi connectivity index (χ3v) is 5.21. The van der Waals surface area contributed by atoms with E-state index in [2.05, 4.69) is 33.1 Å². The lowest BCUT2D eigenvalue weighted by Gasteiger charge is -2.37. The van der Waals surface area contributed by atoms with Crippen molar-refractivity contribution in [2.24, 2.45) is 0 Å². The average Bonchev–Trinajstić information content (AvgIpc) is 3.40. The fraction of sp³-hybridized carbons (Fsp3) is 0.526. The van der Waals surface area contributed by atoms with Gasteiger partial charge in [-0.3, -0.25) is 9.80 Å². The Kier molecular flexibility index (Phi) is 4.62. The third kappa shape index (κ3) is 3.43. The molecule has 1 aliphatic carbocycles. The molecule has 2 heterocycles. The van der Waals surface area contributed by atoms with Gasteiger partial charge >= 0.3 is 0 Å². The van der Waals surface area contributed by atoms with Gasteiger partial charge in [0.2, 0.25) is 5.89 Å². The molecule has 7 nitrogen and oxygen atoms in total. The molecule has 1 aliphatic heterocycles. The molecule has 1 aromatic heterocycles. The molecule has 0 N–H and O–H groups in total. The highest BCUT2D eigenvalue weighted by Crippen LogP contribution is 2.39. The molecule has 0 amide bonds. The van der Waals surface area contributed by atoms with Gasteiger partial charge in [0.25, 0.3) is 0 Å². The lowest BCUT2D eigenvalue weighted by molar-refractivity contribution is 0.0714. The van der Waals surface area contributed by atoms with Crippen LogP contribution in [0, 0.1) is 11.3 Å². The number of ether oxygens (including phenoxy) is 1. The molecule has 26 heavy (non-hydrogen) atoms. The second kappa shape index (κ2) is 7.06. The Morgan fingerprint density at radius 3 is 2.92 bits per heavy atom. The van der Waals surface area contributed by atoms with E-state index in [0.29, 0.717) is 17.2 Å². The molecule has 0 bridgehead atoms. The van der Waals surface area contributed by atoms with Crippen LogP contribution in [0.15, 0.2) is 22.7 Å². The number of nitriles is 1. The van der Waals surface area contributed by atoms with Gasteiger partial charge in [-0.05, 0) is 37.6 Å². The Balaban J connectivity index is 1.46. The molecule has 1 aromatic carbocycles. The Hall–Kier alpha value is -2.43. The summed E-state index contributed by atoms with van der Waals surface area (Å²) in [7, 11) is 3.70. The topological polar surface area (TPSA) is 78.4 Å². The predicted molar refractivity (Wildman–Crippen MR) is 94.6 cm³/mol. The second-order valence-electron chi connectivity index (χ2n) is 7.14. The Bertz CT molecular complexity index is 824. The maximum Gasteiger partial charge on any atom is 0.245 e. The zero-order valence-corrected chi connectivity index (χ0v) is 15.2. The normalized spacial score (nSPS) is 21.5. The largest absolute Gasteiger partial charge is 0.495 e. The van der Waals surface area contributed by atoms with Crippen LogP contribution in [0.25, 0.3) is 0 Å². The molecule has 1 saturated heterocycles. The highest BCUT2D eigenvalue weighted by atomic mass is 16.5. The molecule has 0 spiro atoms. The first-order valence-electron chi connectivity index (χ1n) is 9.01. The van der Waals surface area contributed by atoms with Crippen LogP contribution in [0.4, 0.5) is 0 Å². The summed E-state index contributed by atoms with van der Waals surface area (Å²) >= 11 is 0. The molecule has 2 aliphatic rings. The first-order chi connectivity index (χ1) is 12.7. The molecule has 0 radical (unpaired) electrons. The molecule has 136 valence electrons. The Morgan fingerprint density at radius 2 is 2.19 bits per heavy atom. The van der Waals surface area contributed by atoms with E-state index in [0.717, 1.165) is 43.5 Å². The van der Waals surface area contributed by atoms with Crippen molar-refractivity contribution in [3.8, 4) is 11.8 Å². The molecule has 2 fully saturated rings. The number of methoxy groups -OCH3 is 1. The number of likely N-dealkylation sites (N-methyl/N-ethyl adjacent to an activating group) is 1. The van der Waals surface area contributed by atoms with Gasteiger partial charge in [-0.1, -0.05) is 11.2 Å². The number of nitrogens with zero attached hydrogens (tertiary/aromatic N) is 5. The van der Waals surface area contributed by atoms with Crippen LogP contribution in [-0.4, -0.2) is 53.7 Å². The zero-order chi connectivity index (χ0) is 18.1. The molecule has 1 atom stereocenters. The number of piperazine rings is 1. The van der Waals surface area contributed by atoms with E-state index in [9.17, 15) is 0 Å². The third-order valence-electron chi connectivity index (χ3n) is 5.21. The van der Waals surface area contributed by atoms with Gasteiger partial charge in [-0.15, -0.1) is 0 Å². The minimum Gasteiger partial charge on any atom is -0.495 e. The summed E-state index contributed by atoms with van der Waals surface area (Å²) in [5.74, 6) is 2.71. The lowest BCUT2D eigenvalue weighted by Crippen LogP contribution is -2.46. The monoisotopic (exact) mass is 353 g/mol. The molecular formula is C19H23N5O2. The summed E-state index contributed by atoms with van der Waals surface area (Å²) in [6.45, 7) is 3.55. The maximum atomic E-state index is 9.13. The van der Waals surface area contributed by atoms with E-state index < -0.39 is 0 Å². The van der Waals surface area contributed by atoms with Gasteiger partial charge in [0.1, 0.15) is 17.9 Å². The molecule has 0 unspecified atom stereocenters. The fourth-order valence-corrected chi connectivity index (χ4v) is 3.41. The summed E-state index contributed by atoms with van der Waals surface area (Å²) in [6.07, 6.45) is 2.35. The van der Waals surface area contributed by atoms with Crippen LogP contribution in [-0.2, 0) is 6.54 Å². The van der Waals surface area contributed by atoms with Gasteiger partial charge in [0, 0.05) is 32.1 Å². The summed E-state index contributed by atoms with van der Waals surface area (Å²) < 4.78 is 10.9. The highest BCUT2D eigenvalue weighted by molar-refractivity contribution is 5.45. The maximum absolute atomic E-state index is 9.13. The standard InChI is InChI=1S/C19H23N5O2/c1-23-7-8-24(11-13-3-4-15(10-20)17(9-13)25-2)12-16(23)19-21-18(22-26-19)14-5-6-14/h3-4,9,14,16H,5-8,11-12H2,1-2H3/t16-/m0/s1. The van der Waals surface area contributed by atoms with Crippen LogP contribution < -0.4 is 4.74 Å². The van der Waals surface area contributed by atoms with Gasteiger partial charge in [0.15, 0.2) is 5.82 Å². The number of hydrogen-bond donors (Lipinski definition) is 0. The van der Waals surface area contributed by atoms with Crippen LogP contribution in [0.2, 0.25) is 0 Å². The zero-order valence-electron chi connectivity index (χ0n) is 15.2. The Labute approximate surface area is 153 Å². The minimum absolute atomic E-state index is 0.115. The van der Waals surface area contributed by atoms with Crippen molar-refractivity contribution in [3.63, 3.8) is 0 Å². The van der Waals surface area contributed by atoms with Crippen molar-refractivity contribution in [1.82, 2.24) is 19.9 Å². The molecular weight excluding hydrogens is 330 g/mol. The van der Waals surface area contributed by atoms with E-state index in [1.807, 2.05) is 18.2 Å². The Morgan fingerprint density at radius 1 is 1.35 bits per heavy atom. The number of hydrogen-bond acceptors (Lipinski definition) is 7. The van der Waals surface area contributed by atoms with Crippen molar-refractivity contribution in [1.29, 1.82) is 5.26 Å². The fourth-order valence-electron chi connectivity index (χ4n) is 3.41. The molecule has 1 saturated carbocycles. The van der Waals surface area contributed by atoms with Gasteiger partial charge in [0.05, 0.1) is 12.7 Å². The minimum atomic E-state index is 0.115. The van der Waals surface area contributed by atoms with E-state index in [-0.39, 0.29) is 6.04 Å². The molecule has 7 heteroatoms. The van der Waals surface area contributed by atoms with Crippen molar-refractivity contribution >= 4 is 0 Å². The second-order valence-corrected chi connectivity index (χ2v) is 7.14. The van der Waals surface area contributed by atoms with Crippen molar-refractivity contribution in [3.05, 3.63) is 41.0 Å². The first-order valence-corrected chi connectivity index (χ1v) is 9.01. The van der Waals surface area contributed by atoms with Crippen LogP contribution in [0.3, 0.4) is 0 Å². The van der Waals surface area contributed by atoms with E-state index >= 15 is 0 Å². The van der Waals surface area contributed by atoms with E-state index in [1.165, 1.54) is 12.8 Å². The smallest absolute Gasteiger partial charge is 0.245 e. The van der Waals surface area contributed by atoms with E-state index in [4.69, 9.17) is 14.5 Å². The van der Waals surface area contributed by atoms with Crippen LogP contribution >= 0.6 is 0 Å².